The average molecular weight is 494 g/mol. The van der Waals surface area contributed by atoms with Crippen molar-refractivity contribution in [3.8, 4) is 0 Å². The van der Waals surface area contributed by atoms with Crippen molar-refractivity contribution in [3.05, 3.63) is 57.8 Å². The summed E-state index contributed by atoms with van der Waals surface area (Å²) in [6.07, 6.45) is 1.13. The van der Waals surface area contributed by atoms with E-state index >= 15 is 0 Å². The minimum Gasteiger partial charge on any atom is -0.465 e. The molecule has 0 radical (unpaired) electrons. The fourth-order valence-corrected chi connectivity index (χ4v) is 4.93. The number of thioether (sulfide) groups is 1. The summed E-state index contributed by atoms with van der Waals surface area (Å²) in [5.41, 5.74) is 1.08. The van der Waals surface area contributed by atoms with Crippen molar-refractivity contribution < 1.29 is 17.9 Å². The first kappa shape index (κ1) is 22.2. The molecule has 0 aliphatic rings. The van der Waals surface area contributed by atoms with Crippen LogP contribution in [0.1, 0.15) is 12.5 Å². The van der Waals surface area contributed by atoms with Crippen LogP contribution in [-0.4, -0.2) is 37.8 Å². The molecule has 6 nitrogen and oxygen atoms in total. The maximum Gasteiger partial charge on any atom is 0.325 e. The molecule has 1 N–H and O–H groups in total. The Morgan fingerprint density at radius 1 is 1.37 bits per heavy atom. The number of carbonyl (C=O) groups is 1. The molecule has 1 aromatic heterocycles. The van der Waals surface area contributed by atoms with Gasteiger partial charge in [0.2, 0.25) is 10.0 Å². The van der Waals surface area contributed by atoms with Gasteiger partial charge in [0.25, 0.3) is 0 Å². The van der Waals surface area contributed by atoms with Gasteiger partial charge in [0.15, 0.2) is 0 Å². The van der Waals surface area contributed by atoms with Crippen molar-refractivity contribution >= 4 is 55.3 Å². The molecule has 2 rings (SSSR count). The van der Waals surface area contributed by atoms with Crippen LogP contribution in [0.2, 0.25) is 5.15 Å². The summed E-state index contributed by atoms with van der Waals surface area (Å²) >= 11 is 10.4. The second-order valence-corrected chi connectivity index (χ2v) is 9.33. The summed E-state index contributed by atoms with van der Waals surface area (Å²) in [6, 6.07) is 10.0. The van der Waals surface area contributed by atoms with Gasteiger partial charge in [-0.2, -0.15) is 16.5 Å². The highest BCUT2D eigenvalue weighted by atomic mass is 79.9. The number of esters is 1. The third-order valence-corrected chi connectivity index (χ3v) is 7.03. The lowest BCUT2D eigenvalue weighted by Gasteiger charge is -2.17. The van der Waals surface area contributed by atoms with Crippen LogP contribution >= 0.6 is 39.3 Å². The molecule has 0 aliphatic heterocycles. The van der Waals surface area contributed by atoms with E-state index in [9.17, 15) is 13.2 Å². The number of benzene rings is 1. The van der Waals surface area contributed by atoms with Crippen molar-refractivity contribution in [2.24, 2.45) is 0 Å². The molecule has 1 aromatic carbocycles. The number of pyridine rings is 1. The van der Waals surface area contributed by atoms with E-state index in [1.165, 1.54) is 17.8 Å². The van der Waals surface area contributed by atoms with Crippen molar-refractivity contribution in [3.63, 3.8) is 0 Å². The molecule has 1 heterocycles. The molecule has 0 saturated heterocycles. The van der Waals surface area contributed by atoms with Crippen LogP contribution in [0.3, 0.4) is 0 Å². The first-order valence-electron chi connectivity index (χ1n) is 7.95. The zero-order chi connectivity index (χ0) is 19.9. The van der Waals surface area contributed by atoms with Crippen LogP contribution < -0.4 is 4.72 Å². The van der Waals surface area contributed by atoms with Gasteiger partial charge in [0.05, 0.1) is 11.1 Å². The lowest BCUT2D eigenvalue weighted by molar-refractivity contribution is -0.144. The summed E-state index contributed by atoms with van der Waals surface area (Å²) in [7, 11) is -3.97. The van der Waals surface area contributed by atoms with E-state index in [1.54, 1.807) is 6.92 Å². The molecule has 0 saturated carbocycles. The Labute approximate surface area is 176 Å². The van der Waals surface area contributed by atoms with Gasteiger partial charge in [-0.25, -0.2) is 13.4 Å². The number of ether oxygens (including phenoxy) is 1. The Morgan fingerprint density at radius 3 is 2.70 bits per heavy atom. The summed E-state index contributed by atoms with van der Waals surface area (Å²) < 4.78 is 33.0. The zero-order valence-electron chi connectivity index (χ0n) is 14.4. The van der Waals surface area contributed by atoms with Crippen LogP contribution in [0.25, 0.3) is 0 Å². The maximum atomic E-state index is 12.6. The Hall–Kier alpha value is -1.13. The number of nitrogens with zero attached hydrogens (tertiary/aromatic N) is 1. The number of nitrogens with one attached hydrogen (secondary N) is 1. The third kappa shape index (κ3) is 6.76. The molecule has 0 amide bonds. The normalized spacial score (nSPS) is 12.6. The Balaban J connectivity index is 2.10. The molecular formula is C17H18BrClN2O4S2. The molecule has 146 valence electrons. The van der Waals surface area contributed by atoms with Crippen LogP contribution in [0.15, 0.2) is 52.0 Å². The predicted octanol–water partition coefficient (Wildman–Crippen LogP) is 3.64. The maximum absolute atomic E-state index is 12.6. The zero-order valence-corrected chi connectivity index (χ0v) is 18.4. The molecule has 0 bridgehead atoms. The smallest absolute Gasteiger partial charge is 0.325 e. The lowest BCUT2D eigenvalue weighted by Crippen LogP contribution is -2.43. The van der Waals surface area contributed by atoms with Gasteiger partial charge in [-0.3, -0.25) is 4.79 Å². The van der Waals surface area contributed by atoms with Gasteiger partial charge in [-0.05, 0) is 34.5 Å². The van der Waals surface area contributed by atoms with Gasteiger partial charge in [0, 0.05) is 17.7 Å². The number of hydrogen-bond acceptors (Lipinski definition) is 6. The highest BCUT2D eigenvalue weighted by Gasteiger charge is 2.27. The van der Waals surface area contributed by atoms with E-state index in [4.69, 9.17) is 16.3 Å². The van der Waals surface area contributed by atoms with Crippen molar-refractivity contribution in [2.75, 3.05) is 12.4 Å². The average Bonchev–Trinajstić information content (AvgIpc) is 2.64. The van der Waals surface area contributed by atoms with Gasteiger partial charge < -0.3 is 4.74 Å². The molecular weight excluding hydrogens is 476 g/mol. The summed E-state index contributed by atoms with van der Waals surface area (Å²) in [5.74, 6) is 0.254. The van der Waals surface area contributed by atoms with Gasteiger partial charge >= 0.3 is 5.97 Å². The van der Waals surface area contributed by atoms with E-state index in [0.717, 1.165) is 11.8 Å². The Morgan fingerprint density at radius 2 is 2.07 bits per heavy atom. The molecule has 0 aliphatic carbocycles. The number of aromatic nitrogens is 1. The van der Waals surface area contributed by atoms with E-state index in [-0.39, 0.29) is 22.4 Å². The largest absolute Gasteiger partial charge is 0.465 e. The number of sulfonamides is 1. The van der Waals surface area contributed by atoms with E-state index in [2.05, 4.69) is 25.6 Å². The number of carbonyl (C=O) groups excluding carboxylic acids is 1. The van der Waals surface area contributed by atoms with Crippen molar-refractivity contribution in [2.45, 2.75) is 23.6 Å². The van der Waals surface area contributed by atoms with E-state index < -0.39 is 22.0 Å². The Kier molecular flexibility index (Phi) is 8.56. The highest BCUT2D eigenvalue weighted by Crippen LogP contribution is 2.23. The number of halogens is 2. The number of hydrogen-bond donors (Lipinski definition) is 1. The molecule has 27 heavy (non-hydrogen) atoms. The SMILES string of the molecule is CCOC(=O)[C@H](CSCc1ccccc1)NS(=O)(=O)c1cnc(Cl)c(Br)c1. The van der Waals surface area contributed by atoms with Gasteiger partial charge in [-0.15, -0.1) is 0 Å². The van der Waals surface area contributed by atoms with Crippen LogP contribution in [0.4, 0.5) is 0 Å². The lowest BCUT2D eigenvalue weighted by atomic mass is 10.2. The minimum absolute atomic E-state index is 0.0962. The van der Waals surface area contributed by atoms with Gasteiger partial charge in [0.1, 0.15) is 16.1 Å². The van der Waals surface area contributed by atoms with Crippen molar-refractivity contribution in [1.82, 2.24) is 9.71 Å². The Bertz CT molecular complexity index is 882. The summed E-state index contributed by atoms with van der Waals surface area (Å²) in [5, 5.41) is 0.148. The second kappa shape index (κ2) is 10.4. The monoisotopic (exact) mass is 492 g/mol. The molecule has 0 fully saturated rings. The highest BCUT2D eigenvalue weighted by molar-refractivity contribution is 9.10. The fourth-order valence-electron chi connectivity index (χ4n) is 2.07. The van der Waals surface area contributed by atoms with Crippen LogP contribution in [0, 0.1) is 0 Å². The van der Waals surface area contributed by atoms with E-state index in [0.29, 0.717) is 10.2 Å². The first-order valence-corrected chi connectivity index (χ1v) is 11.8. The van der Waals surface area contributed by atoms with Crippen LogP contribution in [-0.2, 0) is 25.3 Å². The standard InChI is InChI=1S/C17H18BrClN2O4S2/c1-2-25-17(22)15(11-26-10-12-6-4-3-5-7-12)21-27(23,24)13-8-14(18)16(19)20-9-13/h3-9,15,21H,2,10-11H2,1H3/t15-/m0/s1. The van der Waals surface area contributed by atoms with Gasteiger partial charge in [-0.1, -0.05) is 41.9 Å². The van der Waals surface area contributed by atoms with Crippen molar-refractivity contribution in [1.29, 1.82) is 0 Å². The second-order valence-electron chi connectivity index (χ2n) is 5.37. The van der Waals surface area contributed by atoms with E-state index in [1.807, 2.05) is 30.3 Å². The molecule has 0 spiro atoms. The number of rotatable bonds is 9. The molecule has 2 aromatic rings. The first-order chi connectivity index (χ1) is 12.8. The predicted molar refractivity (Wildman–Crippen MR) is 110 cm³/mol. The quantitative estimate of drug-likeness (QED) is 0.424. The molecule has 1 atom stereocenters. The van der Waals surface area contributed by atoms with Crippen LogP contribution in [0.5, 0.6) is 0 Å². The molecule has 10 heteroatoms. The molecule has 0 unspecified atom stereocenters. The minimum atomic E-state index is -3.97. The fraction of sp³-hybridized carbons (Fsp3) is 0.294. The topological polar surface area (TPSA) is 85.4 Å². The summed E-state index contributed by atoms with van der Waals surface area (Å²) in [6.45, 7) is 1.83. The third-order valence-electron chi connectivity index (χ3n) is 3.35. The summed E-state index contributed by atoms with van der Waals surface area (Å²) in [4.78, 5) is 15.9.